The van der Waals surface area contributed by atoms with Gasteiger partial charge in [-0.2, -0.15) is 0 Å². The van der Waals surface area contributed by atoms with Crippen LogP contribution in [0.15, 0.2) is 24.3 Å². The average Bonchev–Trinajstić information content (AvgIpc) is 2.52. The first kappa shape index (κ1) is 14.9. The first-order valence-corrected chi connectivity index (χ1v) is 8.88. The van der Waals surface area contributed by atoms with Crippen molar-refractivity contribution in [2.75, 3.05) is 7.05 Å². The Hall–Kier alpha value is -1.71. The van der Waals surface area contributed by atoms with Crippen molar-refractivity contribution in [3.8, 4) is 5.75 Å². The number of hydrogen-bond donors (Lipinski definition) is 2. The highest BCUT2D eigenvalue weighted by Gasteiger charge is 2.48. The molecule has 4 nitrogen and oxygen atoms in total. The van der Waals surface area contributed by atoms with Gasteiger partial charge in [-0.05, 0) is 73.5 Å². The molecule has 4 fully saturated rings. The molecule has 2 amide bonds. The van der Waals surface area contributed by atoms with Gasteiger partial charge in [0.15, 0.2) is 0 Å². The molecule has 1 aromatic rings. The fourth-order valence-corrected chi connectivity index (χ4v) is 5.36. The van der Waals surface area contributed by atoms with E-state index in [1.807, 2.05) is 19.2 Å². The fraction of sp³-hybridized carbons (Fsp3) is 0.632. The van der Waals surface area contributed by atoms with Crippen LogP contribution >= 0.6 is 0 Å². The molecule has 0 radical (unpaired) electrons. The number of phenolic OH excluding ortho intramolecular Hbond substituents is 1. The normalized spacial score (nSPS) is 34.4. The second kappa shape index (κ2) is 5.73. The van der Waals surface area contributed by atoms with Crippen molar-refractivity contribution in [1.29, 1.82) is 0 Å². The van der Waals surface area contributed by atoms with Crippen LogP contribution in [-0.4, -0.2) is 29.1 Å². The van der Waals surface area contributed by atoms with Crippen LogP contribution in [0.5, 0.6) is 5.75 Å². The molecule has 0 aromatic heterocycles. The second-order valence-corrected chi connectivity index (χ2v) is 7.93. The molecule has 0 aliphatic heterocycles. The lowest BCUT2D eigenvalue weighted by atomic mass is 9.54. The summed E-state index contributed by atoms with van der Waals surface area (Å²) < 4.78 is 0. The maximum atomic E-state index is 12.6. The highest BCUT2D eigenvalue weighted by atomic mass is 16.3. The maximum absolute atomic E-state index is 12.6. The molecule has 4 heteroatoms. The van der Waals surface area contributed by atoms with E-state index >= 15 is 0 Å². The summed E-state index contributed by atoms with van der Waals surface area (Å²) in [5, 5.41) is 12.7. The molecule has 0 spiro atoms. The molecule has 124 valence electrons. The number of urea groups is 1. The Balaban J connectivity index is 1.37. The van der Waals surface area contributed by atoms with Crippen LogP contribution < -0.4 is 5.32 Å². The van der Waals surface area contributed by atoms with E-state index in [1.54, 1.807) is 17.0 Å². The van der Waals surface area contributed by atoms with E-state index in [0.717, 1.165) is 17.4 Å². The summed E-state index contributed by atoms with van der Waals surface area (Å²) >= 11 is 0. The molecule has 5 rings (SSSR count). The van der Waals surface area contributed by atoms with Crippen LogP contribution in [0, 0.1) is 23.7 Å². The monoisotopic (exact) mass is 314 g/mol. The summed E-state index contributed by atoms with van der Waals surface area (Å²) in [5.74, 6) is 3.53. The summed E-state index contributed by atoms with van der Waals surface area (Å²) in [4.78, 5) is 14.3. The van der Waals surface area contributed by atoms with Gasteiger partial charge in [-0.15, -0.1) is 0 Å². The quantitative estimate of drug-likeness (QED) is 0.899. The molecular weight excluding hydrogens is 288 g/mol. The van der Waals surface area contributed by atoms with Gasteiger partial charge in [-0.25, -0.2) is 4.79 Å². The Labute approximate surface area is 137 Å². The number of benzene rings is 1. The summed E-state index contributed by atoms with van der Waals surface area (Å²) in [7, 11) is 1.85. The predicted octanol–water partition coefficient (Wildman–Crippen LogP) is 3.36. The number of rotatable bonds is 3. The SMILES string of the molecule is CN(Cc1ccc(O)cc1)C(=O)NC1C2CC3CC(C2)CC1C3. The van der Waals surface area contributed by atoms with E-state index in [-0.39, 0.29) is 11.8 Å². The molecule has 2 N–H and O–H groups in total. The third-order valence-corrected chi connectivity index (χ3v) is 6.22. The number of amides is 2. The van der Waals surface area contributed by atoms with Gasteiger partial charge in [0.25, 0.3) is 0 Å². The highest BCUT2D eigenvalue weighted by Crippen LogP contribution is 2.53. The zero-order valence-electron chi connectivity index (χ0n) is 13.7. The number of aromatic hydroxyl groups is 1. The average molecular weight is 314 g/mol. The first-order chi connectivity index (χ1) is 11.1. The molecule has 1 aromatic carbocycles. The molecule has 4 aliphatic carbocycles. The Morgan fingerprint density at radius 2 is 1.65 bits per heavy atom. The fourth-order valence-electron chi connectivity index (χ4n) is 5.36. The lowest BCUT2D eigenvalue weighted by Crippen LogP contribution is -2.57. The Morgan fingerprint density at radius 3 is 2.22 bits per heavy atom. The number of phenols is 1. The van der Waals surface area contributed by atoms with E-state index in [9.17, 15) is 9.90 Å². The van der Waals surface area contributed by atoms with Crippen LogP contribution in [0.3, 0.4) is 0 Å². The second-order valence-electron chi connectivity index (χ2n) is 7.93. The van der Waals surface area contributed by atoms with Gasteiger partial charge < -0.3 is 15.3 Å². The van der Waals surface area contributed by atoms with Gasteiger partial charge in [-0.3, -0.25) is 0 Å². The van der Waals surface area contributed by atoms with Gasteiger partial charge in [0.1, 0.15) is 5.75 Å². The predicted molar refractivity (Wildman–Crippen MR) is 88.9 cm³/mol. The standard InChI is InChI=1S/C19H26N2O2/c1-21(11-12-2-4-17(22)5-3-12)19(23)20-18-15-7-13-6-14(9-15)10-16(18)8-13/h2-5,13-16,18,22H,6-11H2,1H3,(H,20,23). The number of hydrogen-bond acceptors (Lipinski definition) is 2. The van der Waals surface area contributed by atoms with Crippen molar-refractivity contribution in [1.82, 2.24) is 10.2 Å². The summed E-state index contributed by atoms with van der Waals surface area (Å²) in [6.07, 6.45) is 6.72. The third kappa shape index (κ3) is 2.91. The van der Waals surface area contributed by atoms with Crippen molar-refractivity contribution in [3.63, 3.8) is 0 Å². The smallest absolute Gasteiger partial charge is 0.317 e. The van der Waals surface area contributed by atoms with Crippen molar-refractivity contribution in [2.45, 2.75) is 44.7 Å². The van der Waals surface area contributed by atoms with Crippen molar-refractivity contribution in [2.24, 2.45) is 23.7 Å². The van der Waals surface area contributed by atoms with E-state index in [0.29, 0.717) is 24.4 Å². The van der Waals surface area contributed by atoms with Gasteiger partial charge >= 0.3 is 6.03 Å². The highest BCUT2D eigenvalue weighted by molar-refractivity contribution is 5.74. The lowest BCUT2D eigenvalue weighted by molar-refractivity contribution is -0.0108. The molecule has 4 aliphatic rings. The van der Waals surface area contributed by atoms with Crippen LogP contribution in [-0.2, 0) is 6.54 Å². The molecule has 4 saturated carbocycles. The van der Waals surface area contributed by atoms with E-state index < -0.39 is 0 Å². The molecular formula is C19H26N2O2. The van der Waals surface area contributed by atoms with Crippen molar-refractivity contribution < 1.29 is 9.90 Å². The lowest BCUT2D eigenvalue weighted by Gasteiger charge is -2.54. The number of nitrogens with one attached hydrogen (secondary N) is 1. The van der Waals surface area contributed by atoms with Gasteiger partial charge in [0.2, 0.25) is 0 Å². The zero-order chi connectivity index (χ0) is 16.0. The van der Waals surface area contributed by atoms with E-state index in [4.69, 9.17) is 0 Å². The molecule has 0 heterocycles. The minimum Gasteiger partial charge on any atom is -0.508 e. The Kier molecular flexibility index (Phi) is 3.70. The molecule has 0 atom stereocenters. The topological polar surface area (TPSA) is 52.6 Å². The minimum absolute atomic E-state index is 0.0375. The van der Waals surface area contributed by atoms with Crippen LogP contribution in [0.1, 0.15) is 37.7 Å². The van der Waals surface area contributed by atoms with Gasteiger partial charge in [0.05, 0.1) is 0 Å². The molecule has 4 bridgehead atoms. The molecule has 23 heavy (non-hydrogen) atoms. The Bertz CT molecular complexity index is 556. The van der Waals surface area contributed by atoms with Crippen molar-refractivity contribution >= 4 is 6.03 Å². The third-order valence-electron chi connectivity index (χ3n) is 6.22. The molecule has 0 saturated heterocycles. The largest absolute Gasteiger partial charge is 0.508 e. The summed E-state index contributed by atoms with van der Waals surface area (Å²) in [6.45, 7) is 0.569. The summed E-state index contributed by atoms with van der Waals surface area (Å²) in [5.41, 5.74) is 1.03. The zero-order valence-corrected chi connectivity index (χ0v) is 13.7. The number of carbonyl (C=O) groups excluding carboxylic acids is 1. The Morgan fingerprint density at radius 1 is 1.09 bits per heavy atom. The maximum Gasteiger partial charge on any atom is 0.317 e. The van der Waals surface area contributed by atoms with Gasteiger partial charge in [0, 0.05) is 19.6 Å². The van der Waals surface area contributed by atoms with Crippen LogP contribution in [0.2, 0.25) is 0 Å². The van der Waals surface area contributed by atoms with Crippen molar-refractivity contribution in [3.05, 3.63) is 29.8 Å². The van der Waals surface area contributed by atoms with Crippen LogP contribution in [0.4, 0.5) is 4.79 Å². The summed E-state index contributed by atoms with van der Waals surface area (Å²) in [6, 6.07) is 7.48. The van der Waals surface area contributed by atoms with E-state index in [2.05, 4.69) is 5.32 Å². The van der Waals surface area contributed by atoms with E-state index in [1.165, 1.54) is 32.1 Å². The molecule has 0 unspecified atom stereocenters. The first-order valence-electron chi connectivity index (χ1n) is 8.88. The van der Waals surface area contributed by atoms with Crippen LogP contribution in [0.25, 0.3) is 0 Å². The number of nitrogens with zero attached hydrogens (tertiary/aromatic N) is 1. The van der Waals surface area contributed by atoms with Gasteiger partial charge in [-0.1, -0.05) is 12.1 Å². The number of carbonyl (C=O) groups is 1. The minimum atomic E-state index is 0.0375.